The molecule has 2 heterocycles. The van der Waals surface area contributed by atoms with Crippen LogP contribution in [0.2, 0.25) is 0 Å². The third-order valence-corrected chi connectivity index (χ3v) is 4.03. The van der Waals surface area contributed by atoms with Crippen molar-refractivity contribution in [3.05, 3.63) is 0 Å². The number of amides is 1. The molecule has 0 spiro atoms. The Labute approximate surface area is 104 Å². The number of hydrogen-bond acceptors (Lipinski definition) is 3. The highest BCUT2D eigenvalue weighted by Crippen LogP contribution is 2.19. The summed E-state index contributed by atoms with van der Waals surface area (Å²) in [6.07, 6.45) is 4.52. The monoisotopic (exact) mass is 239 g/mol. The third kappa shape index (κ3) is 3.19. The Kier molecular flexibility index (Phi) is 4.40. The molecule has 4 nitrogen and oxygen atoms in total. The average Bonchev–Trinajstić information content (AvgIpc) is 2.65. The molecule has 1 unspecified atom stereocenters. The van der Waals surface area contributed by atoms with E-state index in [4.69, 9.17) is 0 Å². The summed E-state index contributed by atoms with van der Waals surface area (Å²) in [5, 5.41) is 3.32. The summed E-state index contributed by atoms with van der Waals surface area (Å²) >= 11 is 0. The van der Waals surface area contributed by atoms with E-state index in [0.29, 0.717) is 11.8 Å². The highest BCUT2D eigenvalue weighted by molar-refractivity contribution is 5.83. The van der Waals surface area contributed by atoms with Crippen molar-refractivity contribution >= 4 is 5.91 Å². The van der Waals surface area contributed by atoms with Crippen LogP contribution >= 0.6 is 0 Å². The Morgan fingerprint density at radius 3 is 2.71 bits per heavy atom. The molecule has 2 aliphatic heterocycles. The van der Waals surface area contributed by atoms with Gasteiger partial charge in [0.05, 0.1) is 12.7 Å². The van der Waals surface area contributed by atoms with Crippen LogP contribution in [0.4, 0.5) is 0 Å². The van der Waals surface area contributed by atoms with E-state index < -0.39 is 0 Å². The van der Waals surface area contributed by atoms with Crippen molar-refractivity contribution in [3.63, 3.8) is 0 Å². The van der Waals surface area contributed by atoms with Gasteiger partial charge in [0.15, 0.2) is 0 Å². The molecular formula is C13H25N3O. The van der Waals surface area contributed by atoms with Gasteiger partial charge >= 0.3 is 0 Å². The van der Waals surface area contributed by atoms with E-state index in [0.717, 1.165) is 26.1 Å². The Morgan fingerprint density at radius 2 is 2.06 bits per heavy atom. The number of rotatable bonds is 4. The molecular weight excluding hydrogens is 214 g/mol. The van der Waals surface area contributed by atoms with Crippen molar-refractivity contribution in [3.8, 4) is 0 Å². The Morgan fingerprint density at radius 1 is 1.35 bits per heavy atom. The Bertz CT molecular complexity index is 261. The molecule has 2 fully saturated rings. The van der Waals surface area contributed by atoms with Crippen LogP contribution in [0.3, 0.4) is 0 Å². The number of likely N-dealkylation sites (tertiary alicyclic amines) is 1. The summed E-state index contributed by atoms with van der Waals surface area (Å²) in [6, 6.07) is 0.0891. The first-order valence-corrected chi connectivity index (χ1v) is 6.91. The maximum atomic E-state index is 12.1. The molecule has 0 saturated carbocycles. The van der Waals surface area contributed by atoms with Crippen molar-refractivity contribution in [2.24, 2.45) is 5.92 Å². The van der Waals surface area contributed by atoms with Gasteiger partial charge in [0.25, 0.3) is 0 Å². The van der Waals surface area contributed by atoms with Gasteiger partial charge in [-0.1, -0.05) is 13.3 Å². The number of carbonyl (C=O) groups is 1. The first-order valence-electron chi connectivity index (χ1n) is 6.91. The van der Waals surface area contributed by atoms with Gasteiger partial charge in [-0.15, -0.1) is 0 Å². The second-order valence-electron chi connectivity index (χ2n) is 5.51. The fraction of sp³-hybridized carbons (Fsp3) is 0.923. The van der Waals surface area contributed by atoms with Gasteiger partial charge in [-0.3, -0.25) is 10.1 Å². The van der Waals surface area contributed by atoms with E-state index in [1.54, 1.807) is 0 Å². The van der Waals surface area contributed by atoms with E-state index in [1.807, 2.05) is 4.90 Å². The lowest BCUT2D eigenvalue weighted by molar-refractivity contribution is -0.129. The summed E-state index contributed by atoms with van der Waals surface area (Å²) in [5.41, 5.74) is 0. The maximum Gasteiger partial charge on any atom is 0.240 e. The second kappa shape index (κ2) is 5.83. The van der Waals surface area contributed by atoms with Crippen LogP contribution in [0.25, 0.3) is 0 Å². The average molecular weight is 239 g/mol. The lowest BCUT2D eigenvalue weighted by Gasteiger charge is -2.31. The van der Waals surface area contributed by atoms with Crippen LogP contribution in [0.5, 0.6) is 0 Å². The van der Waals surface area contributed by atoms with Crippen LogP contribution in [0.1, 0.15) is 32.6 Å². The minimum Gasteiger partial charge on any atom is -0.328 e. The van der Waals surface area contributed by atoms with E-state index in [1.165, 1.54) is 25.9 Å². The normalized spacial score (nSPS) is 28.0. The molecule has 0 aromatic carbocycles. The van der Waals surface area contributed by atoms with Gasteiger partial charge in [-0.05, 0) is 45.3 Å². The zero-order valence-electron chi connectivity index (χ0n) is 11.1. The largest absolute Gasteiger partial charge is 0.328 e. The van der Waals surface area contributed by atoms with Gasteiger partial charge in [0, 0.05) is 6.54 Å². The summed E-state index contributed by atoms with van der Waals surface area (Å²) < 4.78 is 0. The minimum absolute atomic E-state index is 0.0891. The molecule has 1 atom stereocenters. The lowest BCUT2D eigenvalue weighted by atomic mass is 9.96. The molecule has 1 amide bonds. The topological polar surface area (TPSA) is 35.6 Å². The molecule has 2 aliphatic rings. The number of nitrogens with one attached hydrogen (secondary N) is 1. The number of piperidine rings is 1. The van der Waals surface area contributed by atoms with Gasteiger partial charge in [0.2, 0.25) is 5.91 Å². The maximum absolute atomic E-state index is 12.1. The molecule has 98 valence electrons. The van der Waals surface area contributed by atoms with E-state index in [2.05, 4.69) is 24.2 Å². The first kappa shape index (κ1) is 12.8. The van der Waals surface area contributed by atoms with Gasteiger partial charge < -0.3 is 9.80 Å². The van der Waals surface area contributed by atoms with E-state index >= 15 is 0 Å². The number of carbonyl (C=O) groups excluding carboxylic acids is 1. The van der Waals surface area contributed by atoms with Crippen LogP contribution in [-0.4, -0.2) is 55.1 Å². The van der Waals surface area contributed by atoms with E-state index in [-0.39, 0.29) is 6.04 Å². The zero-order chi connectivity index (χ0) is 12.3. The Balaban J connectivity index is 1.78. The lowest BCUT2D eigenvalue weighted by Crippen LogP contribution is -2.38. The molecule has 4 heteroatoms. The third-order valence-electron chi connectivity index (χ3n) is 4.03. The summed E-state index contributed by atoms with van der Waals surface area (Å²) in [6.45, 7) is 6.21. The number of nitrogens with zero attached hydrogens (tertiary/aromatic N) is 2. The van der Waals surface area contributed by atoms with Crippen molar-refractivity contribution in [1.29, 1.82) is 0 Å². The van der Waals surface area contributed by atoms with Gasteiger partial charge in [-0.2, -0.15) is 0 Å². The zero-order valence-corrected chi connectivity index (χ0v) is 11.1. The van der Waals surface area contributed by atoms with Crippen LogP contribution in [0.15, 0.2) is 0 Å². The highest BCUT2D eigenvalue weighted by atomic mass is 16.2. The minimum atomic E-state index is 0.0891. The highest BCUT2D eigenvalue weighted by Gasteiger charge is 2.32. The fourth-order valence-electron chi connectivity index (χ4n) is 2.83. The van der Waals surface area contributed by atoms with Crippen LogP contribution in [0, 0.1) is 5.92 Å². The molecule has 17 heavy (non-hydrogen) atoms. The molecule has 0 aromatic rings. The molecule has 1 N–H and O–H groups in total. The molecule has 0 aromatic heterocycles. The van der Waals surface area contributed by atoms with Crippen molar-refractivity contribution in [2.75, 3.05) is 33.4 Å². The Hall–Kier alpha value is -0.610. The summed E-state index contributed by atoms with van der Waals surface area (Å²) in [4.78, 5) is 16.5. The molecule has 0 aliphatic carbocycles. The molecule has 0 radical (unpaired) electrons. The smallest absolute Gasteiger partial charge is 0.240 e. The van der Waals surface area contributed by atoms with Crippen molar-refractivity contribution in [2.45, 2.75) is 38.6 Å². The van der Waals surface area contributed by atoms with Crippen LogP contribution < -0.4 is 5.32 Å². The summed E-state index contributed by atoms with van der Waals surface area (Å²) in [5.74, 6) is 1.03. The number of hydrogen-bond donors (Lipinski definition) is 1. The SMILES string of the molecule is CCCC1NCN(CC2CCN(C)CC2)C1=O. The van der Waals surface area contributed by atoms with Gasteiger partial charge in [0.1, 0.15) is 0 Å². The first-order chi connectivity index (χ1) is 8.20. The van der Waals surface area contributed by atoms with Gasteiger partial charge in [-0.25, -0.2) is 0 Å². The fourth-order valence-corrected chi connectivity index (χ4v) is 2.83. The predicted molar refractivity (Wildman–Crippen MR) is 68.6 cm³/mol. The predicted octanol–water partition coefficient (Wildman–Crippen LogP) is 0.886. The quantitative estimate of drug-likeness (QED) is 0.791. The summed E-state index contributed by atoms with van der Waals surface area (Å²) in [7, 11) is 2.18. The standard InChI is InChI=1S/C13H25N3O/c1-3-4-12-13(17)16(10-14-12)9-11-5-7-15(2)8-6-11/h11-12,14H,3-10H2,1-2H3. The molecule has 0 bridgehead atoms. The van der Waals surface area contributed by atoms with Crippen molar-refractivity contribution < 1.29 is 4.79 Å². The van der Waals surface area contributed by atoms with Crippen molar-refractivity contribution in [1.82, 2.24) is 15.1 Å². The van der Waals surface area contributed by atoms with Crippen LogP contribution in [-0.2, 0) is 4.79 Å². The molecule has 2 rings (SSSR count). The van der Waals surface area contributed by atoms with E-state index in [9.17, 15) is 4.79 Å². The second-order valence-corrected chi connectivity index (χ2v) is 5.51. The molecule has 2 saturated heterocycles.